The average molecular weight is 492 g/mol. The molecule has 1 fully saturated rings. The van der Waals surface area contributed by atoms with Gasteiger partial charge in [-0.05, 0) is 28.8 Å². The first-order valence-electron chi connectivity index (χ1n) is 7.26. The molecule has 1 aliphatic heterocycles. The van der Waals surface area contributed by atoms with Gasteiger partial charge in [0.1, 0.15) is 11.7 Å². The second-order valence-electron chi connectivity index (χ2n) is 5.64. The summed E-state index contributed by atoms with van der Waals surface area (Å²) in [4.78, 5) is 39.4. The maximum Gasteiger partial charge on any atom is 0.340 e. The number of ether oxygens (including phenoxy) is 1. The van der Waals surface area contributed by atoms with E-state index < -0.39 is 33.4 Å². The van der Waals surface area contributed by atoms with Crippen molar-refractivity contribution in [1.29, 1.82) is 0 Å². The molecule has 0 aromatic carbocycles. The van der Waals surface area contributed by atoms with Gasteiger partial charge in [-0.15, -0.1) is 0 Å². The van der Waals surface area contributed by atoms with E-state index in [9.17, 15) is 14.0 Å². The van der Waals surface area contributed by atoms with Crippen molar-refractivity contribution < 1.29 is 33.1 Å². The summed E-state index contributed by atoms with van der Waals surface area (Å²) < 4.78 is 35.1. The molecule has 2 aromatic rings. The third kappa shape index (κ3) is 4.89. The molecule has 1 saturated heterocycles. The van der Waals surface area contributed by atoms with Gasteiger partial charge in [-0.1, -0.05) is 11.6 Å². The number of hydrogen-bond donors (Lipinski definition) is 3. The highest BCUT2D eigenvalue weighted by atomic mass is 79.9. The van der Waals surface area contributed by atoms with Crippen LogP contribution in [0.5, 0.6) is 0 Å². The number of aromatic nitrogens is 4. The van der Waals surface area contributed by atoms with E-state index in [0.29, 0.717) is 28.7 Å². The predicted octanol–water partition coefficient (Wildman–Crippen LogP) is 2.26. The first kappa shape index (κ1) is 20.3. The normalized spacial score (nSPS) is 23.4. The maximum atomic E-state index is 11.7. The van der Waals surface area contributed by atoms with Gasteiger partial charge in [-0.25, -0.2) is 15.0 Å². The Hall–Kier alpha value is -0.420. The van der Waals surface area contributed by atoms with E-state index in [0.717, 1.165) is 0 Å². The first-order chi connectivity index (χ1) is 12.0. The van der Waals surface area contributed by atoms with Crippen LogP contribution >= 0.6 is 42.7 Å². The molecule has 15 heteroatoms. The molecule has 0 amide bonds. The van der Waals surface area contributed by atoms with Crippen molar-refractivity contribution in [1.82, 2.24) is 19.5 Å². The van der Waals surface area contributed by atoms with Crippen molar-refractivity contribution in [3.05, 3.63) is 16.2 Å². The SMILES string of the molecule is O=P(O)(O)CP(=O)(O)OCC1CC[C@H](n2cnc3c(Cl)nc(Br)nc32)O1. The zero-order valence-corrected chi connectivity index (χ0v) is 17.1. The van der Waals surface area contributed by atoms with Crippen molar-refractivity contribution in [3.8, 4) is 0 Å². The quantitative estimate of drug-likeness (QED) is 0.311. The van der Waals surface area contributed by atoms with Crippen LogP contribution in [0.1, 0.15) is 19.1 Å². The second-order valence-corrected chi connectivity index (χ2v) is 10.7. The average Bonchev–Trinajstić information content (AvgIpc) is 3.08. The largest absolute Gasteiger partial charge is 0.352 e. The molecule has 1 aliphatic rings. The Bertz CT molecular complexity index is 921. The van der Waals surface area contributed by atoms with E-state index in [2.05, 4.69) is 30.9 Å². The lowest BCUT2D eigenvalue weighted by Crippen LogP contribution is -2.16. The lowest BCUT2D eigenvalue weighted by Gasteiger charge is -2.17. The fourth-order valence-electron chi connectivity index (χ4n) is 2.56. The third-order valence-corrected chi connectivity index (χ3v) is 7.65. The Labute approximate surface area is 160 Å². The van der Waals surface area contributed by atoms with Crippen molar-refractivity contribution in [3.63, 3.8) is 0 Å². The minimum absolute atomic E-state index is 0.192. The van der Waals surface area contributed by atoms with E-state index in [1.807, 2.05) is 0 Å². The maximum absolute atomic E-state index is 11.7. The van der Waals surface area contributed by atoms with Crippen molar-refractivity contribution in [2.75, 3.05) is 12.5 Å². The molecular weight excluding hydrogens is 477 g/mol. The van der Waals surface area contributed by atoms with Crippen LogP contribution in [0.4, 0.5) is 0 Å². The number of halogens is 2. The van der Waals surface area contributed by atoms with E-state index in [4.69, 9.17) is 30.6 Å². The summed E-state index contributed by atoms with van der Waals surface area (Å²) in [6.07, 6.45) is 1.63. The van der Waals surface area contributed by atoms with Gasteiger partial charge in [0.15, 0.2) is 21.4 Å². The zero-order valence-electron chi connectivity index (χ0n) is 13.0. The van der Waals surface area contributed by atoms with Crippen molar-refractivity contribution in [2.24, 2.45) is 0 Å². The third-order valence-electron chi connectivity index (χ3n) is 3.57. The molecule has 2 aromatic heterocycles. The molecule has 3 rings (SSSR count). The van der Waals surface area contributed by atoms with Gasteiger partial charge in [0.25, 0.3) is 0 Å². The summed E-state index contributed by atoms with van der Waals surface area (Å²) in [5, 5.41) is 0.192. The molecule has 3 heterocycles. The van der Waals surface area contributed by atoms with Crippen LogP contribution in [0, 0.1) is 0 Å². The van der Waals surface area contributed by atoms with Gasteiger partial charge in [-0.3, -0.25) is 13.7 Å². The predicted molar refractivity (Wildman–Crippen MR) is 93.9 cm³/mol. The highest BCUT2D eigenvalue weighted by molar-refractivity contribution is 9.10. The Balaban J connectivity index is 1.66. The lowest BCUT2D eigenvalue weighted by molar-refractivity contribution is -0.0174. The number of hydrogen-bond acceptors (Lipinski definition) is 7. The molecule has 0 saturated carbocycles. The van der Waals surface area contributed by atoms with Crippen LogP contribution in [0.3, 0.4) is 0 Å². The van der Waals surface area contributed by atoms with Crippen LogP contribution < -0.4 is 0 Å². The van der Waals surface area contributed by atoms with Crippen LogP contribution in [-0.4, -0.2) is 52.8 Å². The standard InChI is InChI=1S/C11H14BrClN4O7P2/c12-11-15-9(13)8-10(16-11)17(4-14-8)7-2-1-6(24-7)3-23-26(21,22)5-25(18,19)20/h4,6-7H,1-3,5H2,(H,21,22)(H2,18,19,20)/t6?,7-/m1/s1. The molecule has 3 N–H and O–H groups in total. The second kappa shape index (κ2) is 7.54. The summed E-state index contributed by atoms with van der Waals surface area (Å²) in [7, 11) is -9.06. The number of nitrogens with zero attached hydrogens (tertiary/aromatic N) is 4. The van der Waals surface area contributed by atoms with Gasteiger partial charge in [-0.2, -0.15) is 0 Å². The van der Waals surface area contributed by atoms with Gasteiger partial charge in [0.05, 0.1) is 19.0 Å². The smallest absolute Gasteiger partial charge is 0.340 e. The highest BCUT2D eigenvalue weighted by Gasteiger charge is 2.34. The van der Waals surface area contributed by atoms with Gasteiger partial charge < -0.3 is 23.9 Å². The summed E-state index contributed by atoms with van der Waals surface area (Å²) in [6, 6.07) is 0. The fourth-order valence-corrected chi connectivity index (χ4v) is 5.80. The summed E-state index contributed by atoms with van der Waals surface area (Å²) in [6.45, 7) is -0.268. The monoisotopic (exact) mass is 490 g/mol. The molecule has 26 heavy (non-hydrogen) atoms. The molecular formula is C11H14BrClN4O7P2. The van der Waals surface area contributed by atoms with E-state index in [1.165, 1.54) is 6.33 Å². The molecule has 0 spiro atoms. The Morgan fingerprint density at radius 2 is 2.08 bits per heavy atom. The lowest BCUT2D eigenvalue weighted by atomic mass is 10.2. The van der Waals surface area contributed by atoms with Crippen LogP contribution in [0.25, 0.3) is 11.2 Å². The Morgan fingerprint density at radius 1 is 1.35 bits per heavy atom. The summed E-state index contributed by atoms with van der Waals surface area (Å²) >= 11 is 9.19. The van der Waals surface area contributed by atoms with Crippen molar-refractivity contribution in [2.45, 2.75) is 25.2 Å². The van der Waals surface area contributed by atoms with Crippen LogP contribution in [-0.2, 0) is 18.4 Å². The number of imidazole rings is 1. The molecule has 0 aliphatic carbocycles. The van der Waals surface area contributed by atoms with Gasteiger partial charge in [0, 0.05) is 0 Å². The van der Waals surface area contributed by atoms with Gasteiger partial charge >= 0.3 is 15.2 Å². The number of rotatable bonds is 6. The molecule has 144 valence electrons. The molecule has 11 nitrogen and oxygen atoms in total. The molecule has 2 unspecified atom stereocenters. The minimum atomic E-state index is -4.66. The van der Waals surface area contributed by atoms with Crippen molar-refractivity contribution >= 4 is 53.9 Å². The van der Waals surface area contributed by atoms with Crippen LogP contribution in [0.15, 0.2) is 11.1 Å². The Kier molecular flexibility index (Phi) is 5.89. The Morgan fingerprint density at radius 3 is 2.77 bits per heavy atom. The molecule has 0 radical (unpaired) electrons. The van der Waals surface area contributed by atoms with E-state index in [1.54, 1.807) is 4.57 Å². The summed E-state index contributed by atoms with van der Waals surface area (Å²) in [5.74, 6) is -1.23. The molecule has 3 atom stereocenters. The first-order valence-corrected chi connectivity index (χ1v) is 12.0. The number of fused-ring (bicyclic) bond motifs is 1. The topological polar surface area (TPSA) is 157 Å². The highest BCUT2D eigenvalue weighted by Crippen LogP contribution is 2.55. The van der Waals surface area contributed by atoms with E-state index in [-0.39, 0.29) is 11.8 Å². The van der Waals surface area contributed by atoms with E-state index >= 15 is 0 Å². The molecule has 0 bridgehead atoms. The fraction of sp³-hybridized carbons (Fsp3) is 0.545. The van der Waals surface area contributed by atoms with Gasteiger partial charge in [0.2, 0.25) is 0 Å². The zero-order chi connectivity index (χ0) is 19.1. The van der Waals surface area contributed by atoms with Crippen LogP contribution in [0.2, 0.25) is 5.15 Å². The minimum Gasteiger partial charge on any atom is -0.352 e. The summed E-state index contributed by atoms with van der Waals surface area (Å²) in [5.41, 5.74) is 0.887.